The van der Waals surface area contributed by atoms with E-state index in [-0.39, 0.29) is 17.2 Å². The summed E-state index contributed by atoms with van der Waals surface area (Å²) in [6, 6.07) is 24.7. The van der Waals surface area contributed by atoms with E-state index in [1.807, 2.05) is 85.8 Å². The molecule has 1 aliphatic rings. The Balaban J connectivity index is 1.76. The molecule has 4 rings (SSSR count). The second kappa shape index (κ2) is 7.88. The average molecular weight is 411 g/mol. The highest BCUT2D eigenvalue weighted by Gasteiger charge is 2.40. The minimum Gasteiger partial charge on any atom is -0.350 e. The number of imide groups is 1. The van der Waals surface area contributed by atoms with Gasteiger partial charge in [0.2, 0.25) is 0 Å². The maximum atomic E-state index is 13.5. The first-order valence-corrected chi connectivity index (χ1v) is 10.4. The van der Waals surface area contributed by atoms with Gasteiger partial charge in [0.1, 0.15) is 5.70 Å². The van der Waals surface area contributed by atoms with Gasteiger partial charge in [-0.05, 0) is 47.7 Å². The van der Waals surface area contributed by atoms with Crippen LogP contribution in [0.4, 0.5) is 11.4 Å². The van der Waals surface area contributed by atoms with Crippen LogP contribution in [0.2, 0.25) is 0 Å². The number of nitrogens with one attached hydrogen (secondary N) is 1. The van der Waals surface area contributed by atoms with Crippen molar-refractivity contribution in [3.63, 3.8) is 0 Å². The summed E-state index contributed by atoms with van der Waals surface area (Å²) in [5.41, 5.74) is 4.97. The maximum Gasteiger partial charge on any atom is 0.282 e. The van der Waals surface area contributed by atoms with Crippen LogP contribution in [-0.4, -0.2) is 11.8 Å². The number of benzene rings is 3. The normalized spacial score (nSPS) is 14.4. The van der Waals surface area contributed by atoms with Gasteiger partial charge in [-0.1, -0.05) is 80.9 Å². The van der Waals surface area contributed by atoms with Crippen molar-refractivity contribution >= 4 is 28.8 Å². The van der Waals surface area contributed by atoms with Crippen LogP contribution in [0, 0.1) is 6.92 Å². The van der Waals surface area contributed by atoms with Crippen LogP contribution in [-0.2, 0) is 15.0 Å². The van der Waals surface area contributed by atoms with E-state index in [1.54, 1.807) is 0 Å². The van der Waals surface area contributed by atoms with Gasteiger partial charge in [0.05, 0.1) is 11.3 Å². The molecule has 0 bridgehead atoms. The standard InChI is InChI=1S/C27H26N2O2/c1-18-10-14-21(15-11-18)28-24-23(19-8-6-5-7-9-19)25(30)29(26(24)31)22-16-12-20(13-17-22)27(2,3)4/h5-17,28H,1-4H3. The maximum absolute atomic E-state index is 13.5. The minimum atomic E-state index is -0.354. The van der Waals surface area contributed by atoms with E-state index >= 15 is 0 Å². The summed E-state index contributed by atoms with van der Waals surface area (Å²) in [5, 5.41) is 3.20. The summed E-state index contributed by atoms with van der Waals surface area (Å²) in [6.07, 6.45) is 0. The predicted molar refractivity (Wildman–Crippen MR) is 126 cm³/mol. The first-order chi connectivity index (χ1) is 14.8. The van der Waals surface area contributed by atoms with Crippen molar-refractivity contribution in [3.8, 4) is 0 Å². The first kappa shape index (κ1) is 20.6. The van der Waals surface area contributed by atoms with E-state index in [0.717, 1.165) is 16.8 Å². The van der Waals surface area contributed by atoms with Crippen LogP contribution in [0.3, 0.4) is 0 Å². The van der Waals surface area contributed by atoms with Crippen molar-refractivity contribution in [1.29, 1.82) is 0 Å². The number of hydrogen-bond donors (Lipinski definition) is 1. The second-order valence-electron chi connectivity index (χ2n) is 8.85. The zero-order chi connectivity index (χ0) is 22.2. The molecule has 0 spiro atoms. The van der Waals surface area contributed by atoms with Gasteiger partial charge < -0.3 is 5.32 Å². The van der Waals surface area contributed by atoms with Gasteiger partial charge in [-0.25, -0.2) is 4.90 Å². The lowest BCUT2D eigenvalue weighted by Gasteiger charge is -2.21. The molecule has 1 aliphatic heterocycles. The monoisotopic (exact) mass is 410 g/mol. The van der Waals surface area contributed by atoms with E-state index in [9.17, 15) is 9.59 Å². The Kier molecular flexibility index (Phi) is 5.24. The molecule has 4 heteroatoms. The van der Waals surface area contributed by atoms with Crippen LogP contribution >= 0.6 is 0 Å². The highest BCUT2D eigenvalue weighted by atomic mass is 16.2. The van der Waals surface area contributed by atoms with Crippen molar-refractivity contribution in [2.75, 3.05) is 10.2 Å². The topological polar surface area (TPSA) is 49.4 Å². The molecular weight excluding hydrogens is 384 g/mol. The molecule has 31 heavy (non-hydrogen) atoms. The van der Waals surface area contributed by atoms with Crippen LogP contribution in [0.15, 0.2) is 84.6 Å². The van der Waals surface area contributed by atoms with Crippen LogP contribution in [0.1, 0.15) is 37.5 Å². The Morgan fingerprint density at radius 1 is 0.742 bits per heavy atom. The first-order valence-electron chi connectivity index (χ1n) is 10.4. The van der Waals surface area contributed by atoms with Crippen molar-refractivity contribution in [2.24, 2.45) is 0 Å². The molecule has 0 saturated heterocycles. The van der Waals surface area contributed by atoms with Crippen LogP contribution in [0.25, 0.3) is 5.57 Å². The minimum absolute atomic E-state index is 0.0108. The predicted octanol–water partition coefficient (Wildman–Crippen LogP) is 5.69. The van der Waals surface area contributed by atoms with Gasteiger partial charge in [-0.3, -0.25) is 9.59 Å². The molecule has 0 fully saturated rings. The van der Waals surface area contributed by atoms with E-state index in [0.29, 0.717) is 22.5 Å². The van der Waals surface area contributed by atoms with Gasteiger partial charge in [0.25, 0.3) is 11.8 Å². The quantitative estimate of drug-likeness (QED) is 0.562. The zero-order valence-corrected chi connectivity index (χ0v) is 18.3. The fraction of sp³-hybridized carbons (Fsp3) is 0.185. The number of nitrogens with zero attached hydrogens (tertiary/aromatic N) is 1. The summed E-state index contributed by atoms with van der Waals surface area (Å²) < 4.78 is 0. The van der Waals surface area contributed by atoms with Crippen LogP contribution in [0.5, 0.6) is 0 Å². The molecule has 1 N–H and O–H groups in total. The molecule has 2 amide bonds. The molecule has 0 aliphatic carbocycles. The fourth-order valence-corrected chi connectivity index (χ4v) is 3.64. The third-order valence-electron chi connectivity index (χ3n) is 5.46. The molecule has 156 valence electrons. The molecule has 3 aromatic carbocycles. The Morgan fingerprint density at radius 3 is 1.94 bits per heavy atom. The molecule has 0 aromatic heterocycles. The number of anilines is 2. The van der Waals surface area contributed by atoms with Gasteiger partial charge >= 0.3 is 0 Å². The summed E-state index contributed by atoms with van der Waals surface area (Å²) in [4.78, 5) is 28.2. The number of rotatable bonds is 4. The molecule has 0 unspecified atom stereocenters. The lowest BCUT2D eigenvalue weighted by atomic mass is 9.87. The van der Waals surface area contributed by atoms with Crippen LogP contribution < -0.4 is 10.2 Å². The third-order valence-corrected chi connectivity index (χ3v) is 5.46. The summed E-state index contributed by atoms with van der Waals surface area (Å²) in [6.45, 7) is 8.40. The highest BCUT2D eigenvalue weighted by Crippen LogP contribution is 2.34. The summed E-state index contributed by atoms with van der Waals surface area (Å²) in [5.74, 6) is -0.678. The van der Waals surface area contributed by atoms with E-state index in [4.69, 9.17) is 0 Å². The lowest BCUT2D eigenvalue weighted by Crippen LogP contribution is -2.32. The molecular formula is C27H26N2O2. The second-order valence-corrected chi connectivity index (χ2v) is 8.85. The van der Waals surface area contributed by atoms with Crippen molar-refractivity contribution in [2.45, 2.75) is 33.1 Å². The van der Waals surface area contributed by atoms with Crippen molar-refractivity contribution in [3.05, 3.63) is 101 Å². The van der Waals surface area contributed by atoms with E-state index < -0.39 is 0 Å². The van der Waals surface area contributed by atoms with E-state index in [2.05, 4.69) is 26.1 Å². The fourth-order valence-electron chi connectivity index (χ4n) is 3.64. The molecule has 0 radical (unpaired) electrons. The molecule has 1 heterocycles. The molecule has 0 atom stereocenters. The van der Waals surface area contributed by atoms with Gasteiger partial charge in [0, 0.05) is 5.69 Å². The Hall–Kier alpha value is -3.66. The van der Waals surface area contributed by atoms with Gasteiger partial charge in [0.15, 0.2) is 0 Å². The average Bonchev–Trinajstić information content (AvgIpc) is 2.99. The van der Waals surface area contributed by atoms with E-state index in [1.165, 1.54) is 4.90 Å². The number of amides is 2. The number of aryl methyl sites for hydroxylation is 1. The number of carbonyl (C=O) groups is 2. The van der Waals surface area contributed by atoms with Crippen molar-refractivity contribution < 1.29 is 9.59 Å². The van der Waals surface area contributed by atoms with Gasteiger partial charge in [-0.15, -0.1) is 0 Å². The third kappa shape index (κ3) is 4.02. The zero-order valence-electron chi connectivity index (χ0n) is 18.3. The smallest absolute Gasteiger partial charge is 0.282 e. The van der Waals surface area contributed by atoms with Gasteiger partial charge in [-0.2, -0.15) is 0 Å². The summed E-state index contributed by atoms with van der Waals surface area (Å²) in [7, 11) is 0. The Morgan fingerprint density at radius 2 is 1.35 bits per heavy atom. The molecule has 4 nitrogen and oxygen atoms in total. The number of carbonyl (C=O) groups excluding carboxylic acids is 2. The largest absolute Gasteiger partial charge is 0.350 e. The lowest BCUT2D eigenvalue weighted by molar-refractivity contribution is -0.120. The van der Waals surface area contributed by atoms with Crippen molar-refractivity contribution in [1.82, 2.24) is 0 Å². The summed E-state index contributed by atoms with van der Waals surface area (Å²) >= 11 is 0. The molecule has 3 aromatic rings. The highest BCUT2D eigenvalue weighted by molar-refractivity contribution is 6.46. The SMILES string of the molecule is Cc1ccc(NC2=C(c3ccccc3)C(=O)N(c3ccc(C(C)(C)C)cc3)C2=O)cc1. The Bertz CT molecular complexity index is 1150. The Labute approximate surface area is 183 Å². The number of hydrogen-bond acceptors (Lipinski definition) is 3. The molecule has 0 saturated carbocycles.